The van der Waals surface area contributed by atoms with Crippen LogP contribution >= 0.6 is 0 Å². The SMILES string of the molecule is CC1CC1(CNC=O)c1ccc(F)cc1F. The lowest BCUT2D eigenvalue weighted by molar-refractivity contribution is -0.109. The molecular formula is C12H13F2NO. The summed E-state index contributed by atoms with van der Waals surface area (Å²) in [6, 6.07) is 3.62. The number of hydrogen-bond acceptors (Lipinski definition) is 1. The van der Waals surface area contributed by atoms with E-state index >= 15 is 0 Å². The van der Waals surface area contributed by atoms with Crippen molar-refractivity contribution in [2.24, 2.45) is 5.92 Å². The van der Waals surface area contributed by atoms with E-state index in [0.717, 1.165) is 12.5 Å². The van der Waals surface area contributed by atoms with Gasteiger partial charge in [0.2, 0.25) is 6.41 Å². The molecule has 2 atom stereocenters. The van der Waals surface area contributed by atoms with Crippen LogP contribution in [0.4, 0.5) is 8.78 Å². The molecule has 0 heterocycles. The van der Waals surface area contributed by atoms with Gasteiger partial charge >= 0.3 is 0 Å². The summed E-state index contributed by atoms with van der Waals surface area (Å²) in [5, 5.41) is 2.58. The highest BCUT2D eigenvalue weighted by Crippen LogP contribution is 2.54. The second-order valence-electron chi connectivity index (χ2n) is 4.38. The maximum absolute atomic E-state index is 13.6. The molecule has 1 aliphatic rings. The topological polar surface area (TPSA) is 29.1 Å². The van der Waals surface area contributed by atoms with E-state index in [2.05, 4.69) is 5.32 Å². The highest BCUT2D eigenvalue weighted by Gasteiger charge is 2.53. The van der Waals surface area contributed by atoms with Crippen LogP contribution in [0.3, 0.4) is 0 Å². The minimum atomic E-state index is -0.576. The van der Waals surface area contributed by atoms with Crippen molar-refractivity contribution >= 4 is 6.41 Å². The zero-order chi connectivity index (χ0) is 11.8. The standard InChI is InChI=1S/C12H13F2NO/c1-8-5-12(8,6-15-7-16)10-3-2-9(13)4-11(10)14/h2-4,7-8H,5-6H2,1H3,(H,15,16). The zero-order valence-corrected chi connectivity index (χ0v) is 8.97. The Bertz CT molecular complexity index is 421. The van der Waals surface area contributed by atoms with Crippen LogP contribution in [-0.4, -0.2) is 13.0 Å². The maximum atomic E-state index is 13.6. The third-order valence-corrected chi connectivity index (χ3v) is 3.42. The first-order chi connectivity index (χ1) is 7.60. The Morgan fingerprint density at radius 1 is 1.56 bits per heavy atom. The fourth-order valence-corrected chi connectivity index (χ4v) is 2.32. The van der Waals surface area contributed by atoms with E-state index in [9.17, 15) is 13.6 Å². The quantitative estimate of drug-likeness (QED) is 0.780. The average molecular weight is 225 g/mol. The molecule has 1 amide bonds. The maximum Gasteiger partial charge on any atom is 0.207 e. The monoisotopic (exact) mass is 225 g/mol. The molecule has 0 aromatic heterocycles. The number of nitrogens with one attached hydrogen (secondary N) is 1. The Morgan fingerprint density at radius 2 is 2.25 bits per heavy atom. The molecule has 2 unspecified atom stereocenters. The molecule has 0 bridgehead atoms. The lowest BCUT2D eigenvalue weighted by Crippen LogP contribution is -2.28. The van der Waals surface area contributed by atoms with Gasteiger partial charge in [-0.2, -0.15) is 0 Å². The van der Waals surface area contributed by atoms with Crippen LogP contribution in [0.1, 0.15) is 18.9 Å². The fraction of sp³-hybridized carbons (Fsp3) is 0.417. The number of benzene rings is 1. The highest BCUT2D eigenvalue weighted by molar-refractivity contribution is 5.48. The van der Waals surface area contributed by atoms with Crippen molar-refractivity contribution in [1.82, 2.24) is 5.32 Å². The predicted octanol–water partition coefficient (Wildman–Crippen LogP) is 1.99. The molecule has 1 aliphatic carbocycles. The van der Waals surface area contributed by atoms with Crippen LogP contribution in [-0.2, 0) is 10.2 Å². The van der Waals surface area contributed by atoms with E-state index in [-0.39, 0.29) is 5.41 Å². The van der Waals surface area contributed by atoms with Crippen LogP contribution in [0.25, 0.3) is 0 Å². The molecule has 86 valence electrons. The molecule has 1 saturated carbocycles. The molecule has 2 rings (SSSR count). The van der Waals surface area contributed by atoms with Gasteiger partial charge < -0.3 is 5.32 Å². The minimum Gasteiger partial charge on any atom is -0.358 e. The summed E-state index contributed by atoms with van der Waals surface area (Å²) in [6.45, 7) is 2.40. The molecule has 0 saturated heterocycles. The van der Waals surface area contributed by atoms with Crippen LogP contribution in [0.15, 0.2) is 18.2 Å². The normalized spacial score (nSPS) is 27.6. The van der Waals surface area contributed by atoms with Crippen molar-refractivity contribution in [2.45, 2.75) is 18.8 Å². The molecule has 2 nitrogen and oxygen atoms in total. The summed E-state index contributed by atoms with van der Waals surface area (Å²) < 4.78 is 26.4. The van der Waals surface area contributed by atoms with E-state index in [1.165, 1.54) is 12.1 Å². The zero-order valence-electron chi connectivity index (χ0n) is 8.97. The Balaban J connectivity index is 2.31. The van der Waals surface area contributed by atoms with Gasteiger partial charge in [0.25, 0.3) is 0 Å². The number of amides is 1. The Kier molecular flexibility index (Phi) is 2.66. The largest absolute Gasteiger partial charge is 0.358 e. The summed E-state index contributed by atoms with van der Waals surface area (Å²) in [5.74, 6) is -0.801. The van der Waals surface area contributed by atoms with E-state index < -0.39 is 11.6 Å². The summed E-state index contributed by atoms with van der Waals surface area (Å²) >= 11 is 0. The van der Waals surface area contributed by atoms with Gasteiger partial charge in [0.05, 0.1) is 0 Å². The molecule has 1 aromatic rings. The van der Waals surface area contributed by atoms with Gasteiger partial charge in [0.1, 0.15) is 11.6 Å². The van der Waals surface area contributed by atoms with Gasteiger partial charge in [0.15, 0.2) is 0 Å². The lowest BCUT2D eigenvalue weighted by atomic mass is 9.93. The molecule has 1 fully saturated rings. The number of halogens is 2. The molecule has 16 heavy (non-hydrogen) atoms. The van der Waals surface area contributed by atoms with Gasteiger partial charge in [-0.3, -0.25) is 4.79 Å². The molecule has 0 radical (unpaired) electrons. The number of hydrogen-bond donors (Lipinski definition) is 1. The smallest absolute Gasteiger partial charge is 0.207 e. The van der Waals surface area contributed by atoms with Crippen LogP contribution in [0.5, 0.6) is 0 Å². The molecule has 0 spiro atoms. The second kappa shape index (κ2) is 3.85. The van der Waals surface area contributed by atoms with Gasteiger partial charge in [-0.15, -0.1) is 0 Å². The van der Waals surface area contributed by atoms with Crippen molar-refractivity contribution in [1.29, 1.82) is 0 Å². The van der Waals surface area contributed by atoms with Crippen molar-refractivity contribution in [3.05, 3.63) is 35.4 Å². The van der Waals surface area contributed by atoms with Crippen molar-refractivity contribution in [3.8, 4) is 0 Å². The highest BCUT2D eigenvalue weighted by atomic mass is 19.1. The Morgan fingerprint density at radius 3 is 2.75 bits per heavy atom. The number of carbonyl (C=O) groups excluding carboxylic acids is 1. The fourth-order valence-electron chi connectivity index (χ4n) is 2.32. The lowest BCUT2D eigenvalue weighted by Gasteiger charge is -2.17. The molecule has 4 heteroatoms. The summed E-state index contributed by atoms with van der Waals surface area (Å²) in [7, 11) is 0. The molecular weight excluding hydrogens is 212 g/mol. The van der Waals surface area contributed by atoms with E-state index in [0.29, 0.717) is 24.4 Å². The van der Waals surface area contributed by atoms with E-state index in [1.54, 1.807) is 0 Å². The van der Waals surface area contributed by atoms with Crippen LogP contribution < -0.4 is 5.32 Å². The molecule has 1 N–H and O–H groups in total. The van der Waals surface area contributed by atoms with Crippen molar-refractivity contribution in [2.75, 3.05) is 6.54 Å². The Labute approximate surface area is 92.7 Å². The van der Waals surface area contributed by atoms with Crippen molar-refractivity contribution in [3.63, 3.8) is 0 Å². The summed E-state index contributed by atoms with van der Waals surface area (Å²) in [6.07, 6.45) is 1.42. The van der Waals surface area contributed by atoms with Crippen LogP contribution in [0.2, 0.25) is 0 Å². The number of carbonyl (C=O) groups is 1. The first-order valence-corrected chi connectivity index (χ1v) is 5.23. The van der Waals surface area contributed by atoms with Crippen molar-refractivity contribution < 1.29 is 13.6 Å². The van der Waals surface area contributed by atoms with Gasteiger partial charge in [-0.25, -0.2) is 8.78 Å². The predicted molar refractivity (Wildman–Crippen MR) is 55.9 cm³/mol. The first-order valence-electron chi connectivity index (χ1n) is 5.23. The number of rotatable bonds is 4. The second-order valence-corrected chi connectivity index (χ2v) is 4.38. The van der Waals surface area contributed by atoms with Gasteiger partial charge in [0, 0.05) is 18.0 Å². The van der Waals surface area contributed by atoms with Gasteiger partial charge in [-0.1, -0.05) is 13.0 Å². The average Bonchev–Trinajstić information content (AvgIpc) is 2.87. The third kappa shape index (κ3) is 1.68. The third-order valence-electron chi connectivity index (χ3n) is 3.42. The summed E-state index contributed by atoms with van der Waals surface area (Å²) in [5.41, 5.74) is 0.148. The summed E-state index contributed by atoms with van der Waals surface area (Å²) in [4.78, 5) is 10.3. The van der Waals surface area contributed by atoms with E-state index in [1.807, 2.05) is 6.92 Å². The minimum absolute atomic E-state index is 0.305. The molecule has 0 aliphatic heterocycles. The van der Waals surface area contributed by atoms with Crippen LogP contribution in [0, 0.1) is 17.6 Å². The van der Waals surface area contributed by atoms with Gasteiger partial charge in [-0.05, 0) is 24.0 Å². The van der Waals surface area contributed by atoms with E-state index in [4.69, 9.17) is 0 Å². The Hall–Kier alpha value is -1.45. The molecule has 1 aromatic carbocycles. The first kappa shape index (κ1) is 11.0.